The molecule has 2 rings (SSSR count). The fraction of sp³-hybridized carbons (Fsp3) is 0.312. The van der Waals surface area contributed by atoms with E-state index in [1.807, 2.05) is 0 Å². The van der Waals surface area contributed by atoms with Crippen LogP contribution in [0.3, 0.4) is 0 Å². The quantitative estimate of drug-likeness (QED) is 0.749. The van der Waals surface area contributed by atoms with Crippen LogP contribution in [0.15, 0.2) is 24.3 Å². The van der Waals surface area contributed by atoms with Crippen LogP contribution in [0.5, 0.6) is 0 Å². The number of carbonyl (C=O) groups is 1. The highest BCUT2D eigenvalue weighted by Gasteiger charge is 2.11. The van der Waals surface area contributed by atoms with Crippen LogP contribution >= 0.6 is 11.6 Å². The van der Waals surface area contributed by atoms with E-state index in [1.54, 1.807) is 14.0 Å². The summed E-state index contributed by atoms with van der Waals surface area (Å²) in [6.45, 7) is 2.75. The third-order valence-corrected chi connectivity index (χ3v) is 3.36. The van der Waals surface area contributed by atoms with Gasteiger partial charge in [-0.2, -0.15) is 0 Å². The van der Waals surface area contributed by atoms with Crippen LogP contribution < -0.4 is 10.6 Å². The number of carbonyl (C=O) groups excluding carboxylic acids is 1. The molecule has 1 aromatic carbocycles. The van der Waals surface area contributed by atoms with E-state index in [0.717, 1.165) is 0 Å². The highest BCUT2D eigenvalue weighted by atomic mass is 35.5. The van der Waals surface area contributed by atoms with Gasteiger partial charge >= 0.3 is 0 Å². The molecular weight excluding hydrogens is 335 g/mol. The molecule has 1 heterocycles. The Morgan fingerprint density at radius 2 is 2.12 bits per heavy atom. The zero-order valence-corrected chi connectivity index (χ0v) is 14.2. The maximum absolute atomic E-state index is 13.2. The number of benzene rings is 1. The number of amides is 1. The smallest absolute Gasteiger partial charge is 0.270 e. The zero-order valence-electron chi connectivity index (χ0n) is 13.4. The average Bonchev–Trinajstić information content (AvgIpc) is 2.54. The van der Waals surface area contributed by atoms with Crippen molar-refractivity contribution in [2.45, 2.75) is 13.3 Å². The second-order valence-electron chi connectivity index (χ2n) is 5.04. The maximum atomic E-state index is 13.2. The van der Waals surface area contributed by atoms with Crippen molar-refractivity contribution in [2.75, 3.05) is 25.6 Å². The lowest BCUT2D eigenvalue weighted by molar-refractivity contribution is 0.0943. The molecule has 0 saturated carbocycles. The molecule has 0 bridgehead atoms. The Bertz CT molecular complexity index is 727. The van der Waals surface area contributed by atoms with Crippen LogP contribution in [0.4, 0.5) is 15.9 Å². The Balaban J connectivity index is 2.10. The van der Waals surface area contributed by atoms with Gasteiger partial charge in [0.25, 0.3) is 5.91 Å². The lowest BCUT2D eigenvalue weighted by Crippen LogP contribution is -2.26. The van der Waals surface area contributed by atoms with E-state index in [2.05, 4.69) is 20.6 Å². The van der Waals surface area contributed by atoms with Gasteiger partial charge in [0.05, 0.1) is 5.02 Å². The molecule has 2 N–H and O–H groups in total. The molecule has 1 aromatic heterocycles. The summed E-state index contributed by atoms with van der Waals surface area (Å²) in [7, 11) is 1.61. The van der Waals surface area contributed by atoms with Crippen molar-refractivity contribution in [1.29, 1.82) is 0 Å². The SMILES string of the molecule is COCCCNC(=O)c1cc(Nc2ccc(F)c(Cl)c2)nc(C)n1. The summed E-state index contributed by atoms with van der Waals surface area (Å²) in [5.41, 5.74) is 0.807. The molecule has 0 aliphatic carbocycles. The molecule has 0 spiro atoms. The average molecular weight is 353 g/mol. The number of aryl methyl sites for hydroxylation is 1. The predicted octanol–water partition coefficient (Wildman–Crippen LogP) is 3.09. The van der Waals surface area contributed by atoms with Crippen LogP contribution in [0, 0.1) is 12.7 Å². The molecule has 6 nitrogen and oxygen atoms in total. The fourth-order valence-electron chi connectivity index (χ4n) is 1.98. The first kappa shape index (κ1) is 18.1. The van der Waals surface area contributed by atoms with Crippen LogP contribution in [-0.2, 0) is 4.74 Å². The van der Waals surface area contributed by atoms with Crippen molar-refractivity contribution in [3.05, 3.63) is 46.6 Å². The Hall–Kier alpha value is -2.25. The number of hydrogen-bond donors (Lipinski definition) is 2. The lowest BCUT2D eigenvalue weighted by atomic mass is 10.3. The molecule has 0 aliphatic heterocycles. The molecule has 0 fully saturated rings. The number of nitrogens with one attached hydrogen (secondary N) is 2. The molecule has 2 aromatic rings. The summed E-state index contributed by atoms with van der Waals surface area (Å²) < 4.78 is 18.1. The molecule has 0 radical (unpaired) electrons. The first-order valence-electron chi connectivity index (χ1n) is 7.34. The molecule has 8 heteroatoms. The summed E-state index contributed by atoms with van der Waals surface area (Å²) in [5, 5.41) is 5.74. The summed E-state index contributed by atoms with van der Waals surface area (Å²) in [4.78, 5) is 20.5. The largest absolute Gasteiger partial charge is 0.385 e. The van der Waals surface area contributed by atoms with E-state index in [0.29, 0.717) is 36.9 Å². The van der Waals surface area contributed by atoms with Gasteiger partial charge in [-0.3, -0.25) is 4.79 Å². The van der Waals surface area contributed by atoms with Gasteiger partial charge in [-0.25, -0.2) is 14.4 Å². The van der Waals surface area contributed by atoms with Gasteiger partial charge in [-0.15, -0.1) is 0 Å². The molecule has 128 valence electrons. The van der Waals surface area contributed by atoms with Crippen LogP contribution in [0.1, 0.15) is 22.7 Å². The minimum atomic E-state index is -0.503. The van der Waals surface area contributed by atoms with Crippen molar-refractivity contribution in [3.63, 3.8) is 0 Å². The predicted molar refractivity (Wildman–Crippen MR) is 90.3 cm³/mol. The second-order valence-corrected chi connectivity index (χ2v) is 5.45. The van der Waals surface area contributed by atoms with Gasteiger partial charge in [0.15, 0.2) is 0 Å². The van der Waals surface area contributed by atoms with Gasteiger partial charge in [-0.1, -0.05) is 11.6 Å². The third kappa shape index (κ3) is 5.14. The highest BCUT2D eigenvalue weighted by Crippen LogP contribution is 2.22. The van der Waals surface area contributed by atoms with E-state index < -0.39 is 5.82 Å². The number of halogens is 2. The Labute approximate surface area is 144 Å². The van der Waals surface area contributed by atoms with Crippen molar-refractivity contribution in [2.24, 2.45) is 0 Å². The number of nitrogens with zero attached hydrogens (tertiary/aromatic N) is 2. The number of aromatic nitrogens is 2. The van der Waals surface area contributed by atoms with E-state index >= 15 is 0 Å². The lowest BCUT2D eigenvalue weighted by Gasteiger charge is -2.09. The third-order valence-electron chi connectivity index (χ3n) is 3.07. The first-order valence-corrected chi connectivity index (χ1v) is 7.72. The Morgan fingerprint density at radius 3 is 2.83 bits per heavy atom. The summed E-state index contributed by atoms with van der Waals surface area (Å²) in [6, 6.07) is 5.75. The molecule has 1 amide bonds. The second kappa shape index (κ2) is 8.56. The Morgan fingerprint density at radius 1 is 1.33 bits per heavy atom. The maximum Gasteiger partial charge on any atom is 0.270 e. The van der Waals surface area contributed by atoms with Crippen LogP contribution in [0.25, 0.3) is 0 Å². The van der Waals surface area contributed by atoms with Gasteiger partial charge < -0.3 is 15.4 Å². The van der Waals surface area contributed by atoms with Crippen molar-refractivity contribution in [1.82, 2.24) is 15.3 Å². The summed E-state index contributed by atoms with van der Waals surface area (Å²) >= 11 is 5.75. The summed E-state index contributed by atoms with van der Waals surface area (Å²) in [6.07, 6.45) is 0.714. The number of rotatable bonds is 7. The normalized spacial score (nSPS) is 10.5. The van der Waals surface area contributed by atoms with Crippen LogP contribution in [0.2, 0.25) is 5.02 Å². The molecule has 24 heavy (non-hydrogen) atoms. The minimum absolute atomic E-state index is 0.00175. The molecular formula is C16H18ClFN4O2. The fourth-order valence-corrected chi connectivity index (χ4v) is 2.16. The number of anilines is 2. The highest BCUT2D eigenvalue weighted by molar-refractivity contribution is 6.31. The van der Waals surface area contributed by atoms with Gasteiger partial charge in [-0.05, 0) is 31.5 Å². The minimum Gasteiger partial charge on any atom is -0.385 e. The van der Waals surface area contributed by atoms with E-state index in [1.165, 1.54) is 24.3 Å². The zero-order chi connectivity index (χ0) is 17.5. The van der Waals surface area contributed by atoms with Gasteiger partial charge in [0.2, 0.25) is 0 Å². The molecule has 0 aliphatic rings. The number of methoxy groups -OCH3 is 1. The summed E-state index contributed by atoms with van der Waals surface area (Å²) in [5.74, 6) is 0.0662. The first-order chi connectivity index (χ1) is 11.5. The standard InChI is InChI=1S/C16H18ClFN4O2/c1-10-20-14(16(23)19-6-3-7-24-2)9-15(21-10)22-11-4-5-13(18)12(17)8-11/h4-5,8-9H,3,6-7H2,1-2H3,(H,19,23)(H,20,21,22). The number of ether oxygens (including phenoxy) is 1. The van der Waals surface area contributed by atoms with Crippen LogP contribution in [-0.4, -0.2) is 36.1 Å². The van der Waals surface area contributed by atoms with Gasteiger partial charge in [0, 0.05) is 32.0 Å². The van der Waals surface area contributed by atoms with E-state index in [4.69, 9.17) is 16.3 Å². The van der Waals surface area contributed by atoms with E-state index in [9.17, 15) is 9.18 Å². The Kier molecular flexibility index (Phi) is 6.45. The number of hydrogen-bond acceptors (Lipinski definition) is 5. The topological polar surface area (TPSA) is 76.1 Å². The van der Waals surface area contributed by atoms with Crippen molar-refractivity contribution < 1.29 is 13.9 Å². The molecule has 0 saturated heterocycles. The molecule has 0 unspecified atom stereocenters. The van der Waals surface area contributed by atoms with Crippen molar-refractivity contribution >= 4 is 29.0 Å². The van der Waals surface area contributed by atoms with Gasteiger partial charge in [0.1, 0.15) is 23.2 Å². The molecule has 0 atom stereocenters. The van der Waals surface area contributed by atoms with E-state index in [-0.39, 0.29) is 16.6 Å². The monoisotopic (exact) mass is 352 g/mol. The van der Waals surface area contributed by atoms with Crippen molar-refractivity contribution in [3.8, 4) is 0 Å².